The van der Waals surface area contributed by atoms with Crippen LogP contribution < -0.4 is 5.73 Å². The summed E-state index contributed by atoms with van der Waals surface area (Å²) in [5.74, 6) is 0. The normalized spacial score (nSPS) is 14.1. The number of hydrogen-bond acceptors (Lipinski definition) is 2. The quantitative estimate of drug-likeness (QED) is 0.747. The van der Waals surface area contributed by atoms with E-state index in [1.165, 1.54) is 29.7 Å². The molecule has 0 saturated heterocycles. The van der Waals surface area contributed by atoms with Crippen LogP contribution in [0.3, 0.4) is 0 Å². The Morgan fingerprint density at radius 1 is 1.42 bits per heavy atom. The maximum absolute atomic E-state index is 5.98. The Balaban J connectivity index is 0.000000720. The van der Waals surface area contributed by atoms with Gasteiger partial charge in [-0.1, -0.05) is 6.92 Å². The van der Waals surface area contributed by atoms with Gasteiger partial charge in [0.1, 0.15) is 0 Å². The average molecular weight is 204 g/mol. The van der Waals surface area contributed by atoms with E-state index in [9.17, 15) is 0 Å². The minimum Gasteiger partial charge on any atom is -0.398 e. The molecule has 2 N–H and O–H groups in total. The van der Waals surface area contributed by atoms with E-state index >= 15 is 0 Å². The van der Waals surface area contributed by atoms with E-state index < -0.39 is 0 Å². The van der Waals surface area contributed by atoms with Crippen molar-refractivity contribution < 1.29 is 0 Å². The van der Waals surface area contributed by atoms with Crippen molar-refractivity contribution in [2.75, 3.05) is 5.73 Å². The van der Waals surface area contributed by atoms with Crippen LogP contribution in [0.2, 0.25) is 0 Å². The highest BCUT2D eigenvalue weighted by Crippen LogP contribution is 2.37. The lowest BCUT2D eigenvalue weighted by molar-refractivity contribution is 0.914. The van der Waals surface area contributed by atoms with Crippen LogP contribution in [0.15, 0.2) is 0 Å². The summed E-state index contributed by atoms with van der Waals surface area (Å²) in [6, 6.07) is 0. The number of thiophene rings is 1. The second kappa shape index (κ2) is 3.67. The summed E-state index contributed by atoms with van der Waals surface area (Å²) in [5.41, 5.74) is 8.54. The van der Waals surface area contributed by atoms with Crippen molar-refractivity contribution in [3.63, 3.8) is 0 Å². The minimum absolute atomic E-state index is 0. The molecule has 0 aliphatic heterocycles. The van der Waals surface area contributed by atoms with Gasteiger partial charge in [-0.2, -0.15) is 0 Å². The first-order valence-corrected chi connectivity index (χ1v) is 5.03. The highest BCUT2D eigenvalue weighted by molar-refractivity contribution is 7.12. The van der Waals surface area contributed by atoms with Crippen molar-refractivity contribution in [1.82, 2.24) is 0 Å². The Kier molecular flexibility index (Phi) is 3.02. The summed E-state index contributed by atoms with van der Waals surface area (Å²) < 4.78 is 0. The van der Waals surface area contributed by atoms with E-state index in [0.717, 1.165) is 12.1 Å². The van der Waals surface area contributed by atoms with Crippen LogP contribution in [0.4, 0.5) is 5.69 Å². The Labute approximate surface area is 83.4 Å². The second-order valence-electron chi connectivity index (χ2n) is 3.05. The third kappa shape index (κ3) is 1.34. The molecule has 0 amide bonds. The van der Waals surface area contributed by atoms with Crippen LogP contribution >= 0.6 is 23.7 Å². The maximum atomic E-state index is 5.98. The molecule has 1 heterocycles. The Bertz CT molecular complexity index is 280. The molecule has 3 heteroatoms. The second-order valence-corrected chi connectivity index (χ2v) is 4.24. The smallest absolute Gasteiger partial charge is 0.0490 e. The molecule has 0 fully saturated rings. The van der Waals surface area contributed by atoms with Gasteiger partial charge in [0.05, 0.1) is 0 Å². The zero-order chi connectivity index (χ0) is 7.84. The van der Waals surface area contributed by atoms with E-state index in [-0.39, 0.29) is 12.4 Å². The van der Waals surface area contributed by atoms with Gasteiger partial charge < -0.3 is 5.73 Å². The van der Waals surface area contributed by atoms with Gasteiger partial charge in [-0.3, -0.25) is 0 Å². The zero-order valence-corrected chi connectivity index (χ0v) is 8.86. The molecule has 1 aliphatic carbocycles. The van der Waals surface area contributed by atoms with Crippen LogP contribution in [0.1, 0.15) is 28.7 Å². The molecule has 0 spiro atoms. The molecule has 0 unspecified atom stereocenters. The fraction of sp³-hybridized carbons (Fsp3) is 0.556. The number of aryl methyl sites for hydroxylation is 2. The van der Waals surface area contributed by atoms with Crippen LogP contribution in [-0.2, 0) is 19.3 Å². The topological polar surface area (TPSA) is 26.0 Å². The van der Waals surface area contributed by atoms with Gasteiger partial charge in [0, 0.05) is 15.4 Å². The van der Waals surface area contributed by atoms with E-state index in [0.29, 0.717) is 0 Å². The molecule has 1 aromatic heterocycles. The largest absolute Gasteiger partial charge is 0.398 e. The molecule has 0 bridgehead atoms. The first-order chi connectivity index (χ1) is 5.33. The molecule has 0 radical (unpaired) electrons. The number of nitrogens with two attached hydrogens (primary N) is 1. The van der Waals surface area contributed by atoms with E-state index in [1.807, 2.05) is 11.3 Å². The highest BCUT2D eigenvalue weighted by Gasteiger charge is 2.18. The Morgan fingerprint density at radius 2 is 2.17 bits per heavy atom. The monoisotopic (exact) mass is 203 g/mol. The SMILES string of the molecule is CCc1sc2c(c1N)CCC2.Cl. The minimum atomic E-state index is 0. The summed E-state index contributed by atoms with van der Waals surface area (Å²) >= 11 is 1.92. The maximum Gasteiger partial charge on any atom is 0.0490 e. The summed E-state index contributed by atoms with van der Waals surface area (Å²) in [5, 5.41) is 0. The van der Waals surface area contributed by atoms with Crippen molar-refractivity contribution in [2.45, 2.75) is 32.6 Å². The number of fused-ring (bicyclic) bond motifs is 1. The molecule has 0 atom stereocenters. The fourth-order valence-corrected chi connectivity index (χ4v) is 3.00. The van der Waals surface area contributed by atoms with Crippen LogP contribution in [0, 0.1) is 0 Å². The van der Waals surface area contributed by atoms with Crippen molar-refractivity contribution in [2.24, 2.45) is 0 Å². The van der Waals surface area contributed by atoms with Gasteiger partial charge in [0.2, 0.25) is 0 Å². The van der Waals surface area contributed by atoms with E-state index in [2.05, 4.69) is 6.92 Å². The summed E-state index contributed by atoms with van der Waals surface area (Å²) in [6.07, 6.45) is 4.90. The molecule has 1 nitrogen and oxygen atoms in total. The predicted molar refractivity (Wildman–Crippen MR) is 57.4 cm³/mol. The molecular weight excluding hydrogens is 190 g/mol. The summed E-state index contributed by atoms with van der Waals surface area (Å²) in [6.45, 7) is 2.18. The summed E-state index contributed by atoms with van der Waals surface area (Å²) in [7, 11) is 0. The number of anilines is 1. The number of halogens is 1. The van der Waals surface area contributed by atoms with Gasteiger partial charge in [-0.05, 0) is 31.2 Å². The number of rotatable bonds is 1. The van der Waals surface area contributed by atoms with Crippen molar-refractivity contribution in [3.05, 3.63) is 15.3 Å². The van der Waals surface area contributed by atoms with E-state index in [4.69, 9.17) is 5.73 Å². The first kappa shape index (κ1) is 9.87. The molecule has 1 aromatic rings. The zero-order valence-electron chi connectivity index (χ0n) is 7.22. The van der Waals surface area contributed by atoms with Gasteiger partial charge in [0.15, 0.2) is 0 Å². The third-order valence-corrected chi connectivity index (χ3v) is 3.81. The predicted octanol–water partition coefficient (Wildman–Crippen LogP) is 2.80. The van der Waals surface area contributed by atoms with E-state index in [1.54, 1.807) is 4.88 Å². The summed E-state index contributed by atoms with van der Waals surface area (Å²) in [4.78, 5) is 2.95. The molecule has 0 aromatic carbocycles. The van der Waals surface area contributed by atoms with Crippen molar-refractivity contribution in [3.8, 4) is 0 Å². The average Bonchev–Trinajstić information content (AvgIpc) is 2.53. The van der Waals surface area contributed by atoms with Gasteiger partial charge in [-0.25, -0.2) is 0 Å². The van der Waals surface area contributed by atoms with Crippen molar-refractivity contribution in [1.29, 1.82) is 0 Å². The third-order valence-electron chi connectivity index (χ3n) is 2.36. The molecular formula is C9H14ClNS. The van der Waals surface area contributed by atoms with Crippen LogP contribution in [0.5, 0.6) is 0 Å². The van der Waals surface area contributed by atoms with Crippen LogP contribution in [-0.4, -0.2) is 0 Å². The number of nitrogen functional groups attached to an aromatic ring is 1. The molecule has 12 heavy (non-hydrogen) atoms. The standard InChI is InChI=1S/C9H13NS.ClH/c1-2-7-9(10)6-4-3-5-8(6)11-7;/h2-5,10H2,1H3;1H. The van der Waals surface area contributed by atoms with Gasteiger partial charge in [0.25, 0.3) is 0 Å². The van der Waals surface area contributed by atoms with Gasteiger partial charge >= 0.3 is 0 Å². The van der Waals surface area contributed by atoms with Gasteiger partial charge in [-0.15, -0.1) is 23.7 Å². The van der Waals surface area contributed by atoms with Crippen LogP contribution in [0.25, 0.3) is 0 Å². The van der Waals surface area contributed by atoms with Crippen molar-refractivity contribution >= 4 is 29.4 Å². The highest BCUT2D eigenvalue weighted by atomic mass is 35.5. The first-order valence-electron chi connectivity index (χ1n) is 4.21. The lowest BCUT2D eigenvalue weighted by Crippen LogP contribution is -1.90. The molecule has 1 aliphatic rings. The Hall–Kier alpha value is -0.210. The lowest BCUT2D eigenvalue weighted by Gasteiger charge is -1.95. The number of hydrogen-bond donors (Lipinski definition) is 1. The molecule has 68 valence electrons. The molecule has 0 saturated carbocycles. The molecule has 2 rings (SSSR count). The fourth-order valence-electron chi connectivity index (χ4n) is 1.75. The lowest BCUT2D eigenvalue weighted by atomic mass is 10.2. The Morgan fingerprint density at radius 3 is 2.75 bits per heavy atom.